The molecule has 0 radical (unpaired) electrons. The van der Waals surface area contributed by atoms with Crippen LogP contribution in [0.5, 0.6) is 5.75 Å². The smallest absolute Gasteiger partial charge is 0.131 e. The van der Waals surface area contributed by atoms with E-state index in [4.69, 9.17) is 4.74 Å². The SMILES string of the molecule is CNC(Cc1csc(C)n1)c1ccc(OC)cc1F. The maximum atomic E-state index is 14.0. The van der Waals surface area contributed by atoms with Gasteiger partial charge < -0.3 is 10.1 Å². The van der Waals surface area contributed by atoms with Gasteiger partial charge in [-0.05, 0) is 20.0 Å². The number of ether oxygens (including phenoxy) is 1. The lowest BCUT2D eigenvalue weighted by molar-refractivity contribution is 0.409. The number of likely N-dealkylation sites (N-methyl/N-ethyl adjacent to an activating group) is 1. The van der Waals surface area contributed by atoms with Gasteiger partial charge in [0.2, 0.25) is 0 Å². The maximum absolute atomic E-state index is 14.0. The zero-order valence-electron chi connectivity index (χ0n) is 11.2. The van der Waals surface area contributed by atoms with E-state index in [1.807, 2.05) is 19.4 Å². The summed E-state index contributed by atoms with van der Waals surface area (Å²) in [6.07, 6.45) is 0.671. The summed E-state index contributed by atoms with van der Waals surface area (Å²) < 4.78 is 19.1. The third-order valence-corrected chi connectivity index (χ3v) is 3.83. The minimum Gasteiger partial charge on any atom is -0.497 e. The summed E-state index contributed by atoms with van der Waals surface area (Å²) in [7, 11) is 3.36. The predicted octanol–water partition coefficient (Wildman–Crippen LogP) is 3.10. The molecule has 2 rings (SSSR count). The fourth-order valence-electron chi connectivity index (χ4n) is 2.00. The van der Waals surface area contributed by atoms with Crippen LogP contribution in [0, 0.1) is 12.7 Å². The lowest BCUT2D eigenvalue weighted by atomic mass is 10.0. The highest BCUT2D eigenvalue weighted by atomic mass is 32.1. The molecule has 0 aliphatic heterocycles. The third-order valence-electron chi connectivity index (χ3n) is 3.01. The van der Waals surface area contributed by atoms with Gasteiger partial charge in [0.1, 0.15) is 11.6 Å². The molecule has 1 heterocycles. The van der Waals surface area contributed by atoms with Crippen molar-refractivity contribution in [2.75, 3.05) is 14.2 Å². The highest BCUT2D eigenvalue weighted by molar-refractivity contribution is 7.09. The van der Waals surface area contributed by atoms with E-state index < -0.39 is 0 Å². The Morgan fingerprint density at radius 3 is 2.79 bits per heavy atom. The Morgan fingerprint density at radius 2 is 2.26 bits per heavy atom. The van der Waals surface area contributed by atoms with E-state index in [0.29, 0.717) is 17.7 Å². The Hall–Kier alpha value is -1.46. The van der Waals surface area contributed by atoms with Crippen molar-refractivity contribution in [1.82, 2.24) is 10.3 Å². The number of hydrogen-bond donors (Lipinski definition) is 1. The van der Waals surface area contributed by atoms with Gasteiger partial charge in [-0.25, -0.2) is 9.37 Å². The van der Waals surface area contributed by atoms with Crippen LogP contribution in [-0.4, -0.2) is 19.1 Å². The molecule has 2 aromatic rings. The molecule has 1 aromatic heterocycles. The molecule has 0 saturated carbocycles. The summed E-state index contributed by atoms with van der Waals surface area (Å²) in [5.74, 6) is 0.270. The second-order valence-corrected chi connectivity index (χ2v) is 5.35. The van der Waals surface area contributed by atoms with Crippen LogP contribution < -0.4 is 10.1 Å². The van der Waals surface area contributed by atoms with Crippen molar-refractivity contribution in [3.63, 3.8) is 0 Å². The summed E-state index contributed by atoms with van der Waals surface area (Å²) in [4.78, 5) is 4.42. The topological polar surface area (TPSA) is 34.2 Å². The van der Waals surface area contributed by atoms with E-state index in [1.54, 1.807) is 23.5 Å². The third kappa shape index (κ3) is 3.30. The summed E-state index contributed by atoms with van der Waals surface area (Å²) in [6, 6.07) is 4.85. The first-order valence-electron chi connectivity index (χ1n) is 6.05. The Kier molecular flexibility index (Phi) is 4.50. The highest BCUT2D eigenvalue weighted by Gasteiger charge is 2.16. The highest BCUT2D eigenvalue weighted by Crippen LogP contribution is 2.25. The van der Waals surface area contributed by atoms with E-state index in [0.717, 1.165) is 10.7 Å². The molecule has 3 nitrogen and oxygen atoms in total. The monoisotopic (exact) mass is 280 g/mol. The number of hydrogen-bond acceptors (Lipinski definition) is 4. The molecule has 1 N–H and O–H groups in total. The molecule has 1 atom stereocenters. The summed E-state index contributed by atoms with van der Waals surface area (Å²) in [5, 5.41) is 6.18. The Morgan fingerprint density at radius 1 is 1.47 bits per heavy atom. The van der Waals surface area contributed by atoms with Crippen LogP contribution in [0.4, 0.5) is 4.39 Å². The molecule has 0 bridgehead atoms. The van der Waals surface area contributed by atoms with Gasteiger partial charge >= 0.3 is 0 Å². The number of rotatable bonds is 5. The number of methoxy groups -OCH3 is 1. The summed E-state index contributed by atoms with van der Waals surface area (Å²) in [6.45, 7) is 1.97. The molecule has 1 aromatic carbocycles. The number of nitrogens with zero attached hydrogens (tertiary/aromatic N) is 1. The van der Waals surface area contributed by atoms with E-state index >= 15 is 0 Å². The van der Waals surface area contributed by atoms with Crippen LogP contribution in [0.2, 0.25) is 0 Å². The largest absolute Gasteiger partial charge is 0.497 e. The molecule has 19 heavy (non-hydrogen) atoms. The predicted molar refractivity (Wildman–Crippen MR) is 75.3 cm³/mol. The molecule has 5 heteroatoms. The van der Waals surface area contributed by atoms with Crippen LogP contribution in [0.25, 0.3) is 0 Å². The van der Waals surface area contributed by atoms with Crippen LogP contribution in [0.3, 0.4) is 0 Å². The normalized spacial score (nSPS) is 12.4. The first-order chi connectivity index (χ1) is 9.13. The minimum atomic E-state index is -0.259. The van der Waals surface area contributed by atoms with Crippen LogP contribution in [0.1, 0.15) is 22.3 Å². The van der Waals surface area contributed by atoms with Crippen LogP contribution in [-0.2, 0) is 6.42 Å². The zero-order valence-corrected chi connectivity index (χ0v) is 12.1. The van der Waals surface area contributed by atoms with Gasteiger partial charge in [-0.15, -0.1) is 11.3 Å². The lowest BCUT2D eigenvalue weighted by Gasteiger charge is -2.16. The second kappa shape index (κ2) is 6.12. The van der Waals surface area contributed by atoms with Gasteiger partial charge in [0.25, 0.3) is 0 Å². The molecular weight excluding hydrogens is 263 g/mol. The van der Waals surface area contributed by atoms with Crippen molar-refractivity contribution in [3.8, 4) is 5.75 Å². The summed E-state index contributed by atoms with van der Waals surface area (Å²) >= 11 is 1.61. The Balaban J connectivity index is 2.21. The van der Waals surface area contributed by atoms with E-state index in [2.05, 4.69) is 10.3 Å². The van der Waals surface area contributed by atoms with Gasteiger partial charge in [0.05, 0.1) is 17.8 Å². The van der Waals surface area contributed by atoms with Gasteiger partial charge in [0.15, 0.2) is 0 Å². The fraction of sp³-hybridized carbons (Fsp3) is 0.357. The number of thiazole rings is 1. The average molecular weight is 280 g/mol. The fourth-order valence-corrected chi connectivity index (χ4v) is 2.62. The molecule has 0 spiro atoms. The molecular formula is C14H17FN2OS. The molecule has 0 aliphatic carbocycles. The first-order valence-corrected chi connectivity index (χ1v) is 6.93. The van der Waals surface area contributed by atoms with Gasteiger partial charge in [-0.2, -0.15) is 0 Å². The van der Waals surface area contributed by atoms with Crippen molar-refractivity contribution in [3.05, 3.63) is 45.7 Å². The first kappa shape index (κ1) is 14.0. The standard InChI is InChI=1S/C14H17FN2OS/c1-9-17-10(8-19-9)6-14(16-2)12-5-4-11(18-3)7-13(12)15/h4-5,7-8,14,16H,6H2,1-3H3. The zero-order chi connectivity index (χ0) is 13.8. The van der Waals surface area contributed by atoms with Crippen LogP contribution >= 0.6 is 11.3 Å². The van der Waals surface area contributed by atoms with Crippen molar-refractivity contribution < 1.29 is 9.13 Å². The van der Waals surface area contributed by atoms with E-state index in [1.165, 1.54) is 13.2 Å². The number of nitrogens with one attached hydrogen (secondary N) is 1. The number of aromatic nitrogens is 1. The van der Waals surface area contributed by atoms with Crippen molar-refractivity contribution in [1.29, 1.82) is 0 Å². The average Bonchev–Trinajstić information content (AvgIpc) is 2.81. The second-order valence-electron chi connectivity index (χ2n) is 4.29. The molecule has 102 valence electrons. The number of aryl methyl sites for hydroxylation is 1. The number of halogens is 1. The minimum absolute atomic E-state index is 0.0904. The van der Waals surface area contributed by atoms with E-state index in [9.17, 15) is 4.39 Å². The summed E-state index contributed by atoms with van der Waals surface area (Å²) in [5.41, 5.74) is 1.62. The van der Waals surface area contributed by atoms with Gasteiger partial charge in [-0.1, -0.05) is 6.07 Å². The number of benzene rings is 1. The molecule has 0 aliphatic rings. The van der Waals surface area contributed by atoms with Crippen molar-refractivity contribution >= 4 is 11.3 Å². The Bertz CT molecular complexity index is 556. The Labute approximate surface area is 116 Å². The van der Waals surface area contributed by atoms with Crippen LogP contribution in [0.15, 0.2) is 23.6 Å². The molecule has 0 saturated heterocycles. The quantitative estimate of drug-likeness (QED) is 0.914. The lowest BCUT2D eigenvalue weighted by Crippen LogP contribution is -2.20. The molecule has 0 fully saturated rings. The van der Waals surface area contributed by atoms with Gasteiger partial charge in [0, 0.05) is 29.5 Å². The van der Waals surface area contributed by atoms with E-state index in [-0.39, 0.29) is 11.9 Å². The maximum Gasteiger partial charge on any atom is 0.131 e. The molecule has 0 amide bonds. The molecule has 1 unspecified atom stereocenters. The van der Waals surface area contributed by atoms with Crippen molar-refractivity contribution in [2.45, 2.75) is 19.4 Å². The van der Waals surface area contributed by atoms with Crippen molar-refractivity contribution in [2.24, 2.45) is 0 Å². The van der Waals surface area contributed by atoms with Gasteiger partial charge in [-0.3, -0.25) is 0 Å².